The van der Waals surface area contributed by atoms with Gasteiger partial charge in [-0.1, -0.05) is 42.5 Å². The Morgan fingerprint density at radius 1 is 1.00 bits per heavy atom. The van der Waals surface area contributed by atoms with Crippen LogP contribution in [0.15, 0.2) is 65.9 Å². The highest BCUT2D eigenvalue weighted by Gasteiger charge is 2.34. The fourth-order valence-electron chi connectivity index (χ4n) is 3.17. The molecule has 0 aromatic heterocycles. The number of rotatable bonds is 7. The summed E-state index contributed by atoms with van der Waals surface area (Å²) in [7, 11) is 1.70. The second kappa shape index (κ2) is 9.60. The predicted molar refractivity (Wildman–Crippen MR) is 111 cm³/mol. The first-order chi connectivity index (χ1) is 14.5. The van der Waals surface area contributed by atoms with E-state index in [1.54, 1.807) is 62.5 Å². The molecule has 2 aromatic rings. The van der Waals surface area contributed by atoms with Gasteiger partial charge in [0.1, 0.15) is 6.61 Å². The van der Waals surface area contributed by atoms with Crippen LogP contribution in [0.2, 0.25) is 0 Å². The van der Waals surface area contributed by atoms with E-state index in [-0.39, 0.29) is 24.5 Å². The zero-order valence-corrected chi connectivity index (χ0v) is 16.7. The zero-order valence-electron chi connectivity index (χ0n) is 16.7. The van der Waals surface area contributed by atoms with Gasteiger partial charge in [0, 0.05) is 12.7 Å². The fourth-order valence-corrected chi connectivity index (χ4v) is 3.17. The zero-order chi connectivity index (χ0) is 21.5. The van der Waals surface area contributed by atoms with Gasteiger partial charge in [0.15, 0.2) is 0 Å². The average molecular weight is 409 g/mol. The molecule has 0 fully saturated rings. The molecule has 0 aliphatic carbocycles. The Balaban J connectivity index is 1.92. The molecule has 3 N–H and O–H groups in total. The number of hydrogen-bond acceptors (Lipinski definition) is 6. The Kier molecular flexibility index (Phi) is 6.69. The van der Waals surface area contributed by atoms with Crippen molar-refractivity contribution >= 4 is 23.7 Å². The van der Waals surface area contributed by atoms with Crippen molar-refractivity contribution in [3.05, 3.63) is 77.0 Å². The maximum atomic E-state index is 12.7. The second-order valence-corrected chi connectivity index (χ2v) is 6.43. The molecule has 0 saturated carbocycles. The van der Waals surface area contributed by atoms with Crippen molar-refractivity contribution in [1.82, 2.24) is 10.6 Å². The predicted octanol–water partition coefficient (Wildman–Crippen LogP) is 2.76. The number of ether oxygens (including phenoxy) is 2. The minimum absolute atomic E-state index is 0.167. The van der Waals surface area contributed by atoms with Gasteiger partial charge in [-0.15, -0.1) is 0 Å². The van der Waals surface area contributed by atoms with E-state index in [1.165, 1.54) is 0 Å². The number of carbonyl (C=O) groups is 3. The first-order valence-electron chi connectivity index (χ1n) is 9.51. The smallest absolute Gasteiger partial charge is 0.340 e. The number of anilines is 1. The normalized spacial score (nSPS) is 15.7. The van der Waals surface area contributed by atoms with Crippen LogP contribution < -0.4 is 16.0 Å². The van der Waals surface area contributed by atoms with E-state index in [1.807, 2.05) is 6.07 Å². The third-order valence-corrected chi connectivity index (χ3v) is 4.55. The monoisotopic (exact) mass is 409 g/mol. The molecule has 0 saturated heterocycles. The van der Waals surface area contributed by atoms with Gasteiger partial charge >= 0.3 is 18.0 Å². The fraction of sp³-hybridized carbons (Fsp3) is 0.227. The molecule has 1 aliphatic heterocycles. The van der Waals surface area contributed by atoms with Crippen LogP contribution in [-0.2, 0) is 14.3 Å². The topological polar surface area (TPSA) is 106 Å². The molecule has 1 unspecified atom stereocenters. The van der Waals surface area contributed by atoms with Crippen LogP contribution in [-0.4, -0.2) is 38.2 Å². The van der Waals surface area contributed by atoms with Crippen LogP contribution in [0.3, 0.4) is 0 Å². The molecule has 30 heavy (non-hydrogen) atoms. The summed E-state index contributed by atoms with van der Waals surface area (Å²) in [6, 6.07) is 14.7. The SMILES string of the molecule is CCOC(=O)C1=C(COC(=O)c2ccccc2NC)NC(=O)NC1c1ccccc1. The summed E-state index contributed by atoms with van der Waals surface area (Å²) in [4.78, 5) is 37.5. The molecule has 0 radical (unpaired) electrons. The van der Waals surface area contributed by atoms with E-state index in [4.69, 9.17) is 9.47 Å². The number of nitrogens with one attached hydrogen (secondary N) is 3. The first kappa shape index (κ1) is 20.9. The molecule has 156 valence electrons. The van der Waals surface area contributed by atoms with E-state index < -0.39 is 24.0 Å². The standard InChI is InChI=1S/C22H23N3O5/c1-3-29-21(27)18-17(13-30-20(26)15-11-7-8-12-16(15)23-2)24-22(28)25-19(18)14-9-5-4-6-10-14/h4-12,19,23H,3,13H2,1-2H3,(H2,24,25,28). The first-order valence-corrected chi connectivity index (χ1v) is 9.51. The van der Waals surface area contributed by atoms with Gasteiger partial charge in [0.25, 0.3) is 0 Å². The van der Waals surface area contributed by atoms with Crippen molar-refractivity contribution in [2.45, 2.75) is 13.0 Å². The van der Waals surface area contributed by atoms with Gasteiger partial charge in [0.05, 0.1) is 29.5 Å². The van der Waals surface area contributed by atoms with Crippen molar-refractivity contribution in [2.24, 2.45) is 0 Å². The number of para-hydroxylation sites is 1. The summed E-state index contributed by atoms with van der Waals surface area (Å²) in [5.74, 6) is -1.18. The molecule has 2 amide bonds. The Morgan fingerprint density at radius 2 is 1.70 bits per heavy atom. The highest BCUT2D eigenvalue weighted by Crippen LogP contribution is 2.28. The Bertz CT molecular complexity index is 972. The quantitative estimate of drug-likeness (QED) is 0.608. The van der Waals surface area contributed by atoms with Gasteiger partial charge < -0.3 is 25.4 Å². The average Bonchev–Trinajstić information content (AvgIpc) is 2.77. The van der Waals surface area contributed by atoms with Crippen molar-refractivity contribution in [3.8, 4) is 0 Å². The van der Waals surface area contributed by atoms with Gasteiger partial charge in [0.2, 0.25) is 0 Å². The van der Waals surface area contributed by atoms with E-state index in [9.17, 15) is 14.4 Å². The van der Waals surface area contributed by atoms with Crippen LogP contribution in [0, 0.1) is 0 Å². The molecule has 8 heteroatoms. The van der Waals surface area contributed by atoms with Crippen LogP contribution in [0.25, 0.3) is 0 Å². The molecule has 3 rings (SSSR count). The highest BCUT2D eigenvalue weighted by atomic mass is 16.5. The van der Waals surface area contributed by atoms with E-state index in [2.05, 4.69) is 16.0 Å². The summed E-state index contributed by atoms with van der Waals surface area (Å²) in [6.45, 7) is 1.57. The lowest BCUT2D eigenvalue weighted by molar-refractivity contribution is -0.139. The molecule has 0 bridgehead atoms. The maximum Gasteiger partial charge on any atom is 0.340 e. The number of urea groups is 1. The largest absolute Gasteiger partial charge is 0.463 e. The Labute approximate surface area is 174 Å². The number of amides is 2. The minimum atomic E-state index is -0.725. The molecule has 1 heterocycles. The minimum Gasteiger partial charge on any atom is -0.463 e. The van der Waals surface area contributed by atoms with Crippen molar-refractivity contribution < 1.29 is 23.9 Å². The summed E-state index contributed by atoms with van der Waals surface area (Å²) < 4.78 is 10.6. The number of carbonyl (C=O) groups excluding carboxylic acids is 3. The number of benzene rings is 2. The lowest BCUT2D eigenvalue weighted by Crippen LogP contribution is -2.47. The van der Waals surface area contributed by atoms with E-state index >= 15 is 0 Å². The van der Waals surface area contributed by atoms with Crippen molar-refractivity contribution in [1.29, 1.82) is 0 Å². The van der Waals surface area contributed by atoms with Crippen molar-refractivity contribution in [2.75, 3.05) is 25.6 Å². The van der Waals surface area contributed by atoms with Gasteiger partial charge in [-0.3, -0.25) is 0 Å². The van der Waals surface area contributed by atoms with E-state index in [0.717, 1.165) is 0 Å². The second-order valence-electron chi connectivity index (χ2n) is 6.43. The van der Waals surface area contributed by atoms with Crippen LogP contribution in [0.1, 0.15) is 28.9 Å². The number of hydrogen-bond donors (Lipinski definition) is 3. The third-order valence-electron chi connectivity index (χ3n) is 4.55. The lowest BCUT2D eigenvalue weighted by atomic mass is 9.95. The molecule has 1 atom stereocenters. The maximum absolute atomic E-state index is 12.7. The Hall–Kier alpha value is -3.81. The van der Waals surface area contributed by atoms with Gasteiger partial charge in [-0.2, -0.15) is 0 Å². The lowest BCUT2D eigenvalue weighted by Gasteiger charge is -2.29. The molecule has 2 aromatic carbocycles. The molecular weight excluding hydrogens is 386 g/mol. The molecule has 0 spiro atoms. The van der Waals surface area contributed by atoms with Crippen molar-refractivity contribution in [3.63, 3.8) is 0 Å². The Morgan fingerprint density at radius 3 is 2.40 bits per heavy atom. The summed E-state index contributed by atoms with van der Waals surface area (Å²) in [5.41, 5.74) is 2.04. The van der Waals surface area contributed by atoms with E-state index in [0.29, 0.717) is 16.8 Å². The summed E-state index contributed by atoms with van der Waals surface area (Å²) >= 11 is 0. The summed E-state index contributed by atoms with van der Waals surface area (Å²) in [6.07, 6.45) is 0. The van der Waals surface area contributed by atoms with Crippen LogP contribution >= 0.6 is 0 Å². The molecule has 8 nitrogen and oxygen atoms in total. The van der Waals surface area contributed by atoms with Crippen LogP contribution in [0.4, 0.5) is 10.5 Å². The highest BCUT2D eigenvalue weighted by molar-refractivity contribution is 5.97. The van der Waals surface area contributed by atoms with Crippen LogP contribution in [0.5, 0.6) is 0 Å². The van der Waals surface area contributed by atoms with Gasteiger partial charge in [-0.25, -0.2) is 14.4 Å². The third kappa shape index (κ3) is 4.60. The number of esters is 2. The molecule has 1 aliphatic rings. The summed E-state index contributed by atoms with van der Waals surface area (Å²) in [5, 5.41) is 8.23. The molecular formula is C22H23N3O5. The van der Waals surface area contributed by atoms with Gasteiger partial charge in [-0.05, 0) is 24.6 Å².